The molecule has 2 aromatic carbocycles. The number of methoxy groups -OCH3 is 1. The van der Waals surface area contributed by atoms with Crippen LogP contribution in [0.1, 0.15) is 64.9 Å². The molecule has 0 saturated carbocycles. The molecule has 196 valence electrons. The van der Waals surface area contributed by atoms with E-state index in [1.807, 2.05) is 17.0 Å². The van der Waals surface area contributed by atoms with Crippen LogP contribution in [0.3, 0.4) is 0 Å². The summed E-state index contributed by atoms with van der Waals surface area (Å²) in [6.07, 6.45) is 1.33. The predicted octanol–water partition coefficient (Wildman–Crippen LogP) is 5.06. The van der Waals surface area contributed by atoms with Crippen molar-refractivity contribution in [2.24, 2.45) is 5.92 Å². The van der Waals surface area contributed by atoms with Crippen LogP contribution in [0.5, 0.6) is 5.75 Å². The first-order chi connectivity index (χ1) is 17.9. The largest absolute Gasteiger partial charge is 0.486 e. The van der Waals surface area contributed by atoms with E-state index in [4.69, 9.17) is 13.9 Å². The number of rotatable bonds is 10. The van der Waals surface area contributed by atoms with E-state index in [0.29, 0.717) is 43.5 Å². The first-order valence-electron chi connectivity index (χ1n) is 12.8. The number of fused-ring (bicyclic) bond motifs is 1. The fourth-order valence-corrected chi connectivity index (χ4v) is 4.61. The fourth-order valence-electron chi connectivity index (χ4n) is 4.61. The van der Waals surface area contributed by atoms with Crippen molar-refractivity contribution in [1.29, 1.82) is 0 Å². The van der Waals surface area contributed by atoms with Crippen molar-refractivity contribution < 1.29 is 23.5 Å². The fraction of sp³-hybridized carbons (Fsp3) is 0.400. The zero-order valence-corrected chi connectivity index (χ0v) is 22.1. The van der Waals surface area contributed by atoms with Gasteiger partial charge in [-0.05, 0) is 60.2 Å². The third kappa shape index (κ3) is 6.60. The number of furan rings is 1. The molecular weight excluding hydrogens is 468 g/mol. The van der Waals surface area contributed by atoms with Crippen LogP contribution in [0.2, 0.25) is 0 Å². The quantitative estimate of drug-likeness (QED) is 0.390. The van der Waals surface area contributed by atoms with Crippen LogP contribution in [0, 0.1) is 12.8 Å². The lowest BCUT2D eigenvalue weighted by molar-refractivity contribution is -0.134. The maximum atomic E-state index is 13.2. The standard InChI is InChI=1S/C30H36N2O5/c1-20(2)17-28(33)32-15-13-22-9-10-24(18-26(22)29(32)23-7-5-21(3)6-8-23)36-19-25-11-12-27(37-25)30(34)31-14-16-35-4/h5-12,18,20,29H,13-17,19H2,1-4H3,(H,31,34)/t29-/m1/s1. The summed E-state index contributed by atoms with van der Waals surface area (Å²) >= 11 is 0. The Morgan fingerprint density at radius 1 is 1.11 bits per heavy atom. The maximum absolute atomic E-state index is 13.2. The molecular formula is C30H36N2O5. The molecule has 7 nitrogen and oxygen atoms in total. The predicted molar refractivity (Wildman–Crippen MR) is 142 cm³/mol. The van der Waals surface area contributed by atoms with Crippen LogP contribution in [0.25, 0.3) is 0 Å². The van der Waals surface area contributed by atoms with Gasteiger partial charge in [0, 0.05) is 26.6 Å². The van der Waals surface area contributed by atoms with Crippen LogP contribution in [0.4, 0.5) is 0 Å². The number of ether oxygens (including phenoxy) is 2. The van der Waals surface area contributed by atoms with Gasteiger partial charge in [-0.3, -0.25) is 9.59 Å². The molecule has 0 bridgehead atoms. The van der Waals surface area contributed by atoms with E-state index < -0.39 is 0 Å². The van der Waals surface area contributed by atoms with Crippen LogP contribution in [-0.2, 0) is 22.6 Å². The van der Waals surface area contributed by atoms with Crippen molar-refractivity contribution in [1.82, 2.24) is 10.2 Å². The van der Waals surface area contributed by atoms with Crippen molar-refractivity contribution >= 4 is 11.8 Å². The Labute approximate surface area is 218 Å². The van der Waals surface area contributed by atoms with E-state index in [0.717, 1.165) is 17.5 Å². The first kappa shape index (κ1) is 26.5. The van der Waals surface area contributed by atoms with Crippen molar-refractivity contribution in [3.63, 3.8) is 0 Å². The van der Waals surface area contributed by atoms with E-state index in [9.17, 15) is 9.59 Å². The summed E-state index contributed by atoms with van der Waals surface area (Å²) in [5, 5.41) is 2.74. The average Bonchev–Trinajstić information content (AvgIpc) is 3.36. The lowest BCUT2D eigenvalue weighted by Gasteiger charge is -2.38. The highest BCUT2D eigenvalue weighted by Crippen LogP contribution is 2.38. The van der Waals surface area contributed by atoms with Gasteiger partial charge in [0.25, 0.3) is 5.91 Å². The van der Waals surface area contributed by atoms with Gasteiger partial charge in [0.1, 0.15) is 18.1 Å². The second-order valence-corrected chi connectivity index (χ2v) is 9.91. The number of benzene rings is 2. The third-order valence-electron chi connectivity index (χ3n) is 6.50. The monoisotopic (exact) mass is 504 g/mol. The van der Waals surface area contributed by atoms with Gasteiger partial charge >= 0.3 is 0 Å². The molecule has 0 aliphatic carbocycles. The highest BCUT2D eigenvalue weighted by molar-refractivity contribution is 5.91. The number of amides is 2. The number of aryl methyl sites for hydroxylation is 1. The summed E-state index contributed by atoms with van der Waals surface area (Å²) in [5.41, 5.74) is 4.58. The van der Waals surface area contributed by atoms with E-state index in [1.165, 1.54) is 11.1 Å². The zero-order valence-electron chi connectivity index (χ0n) is 22.1. The molecule has 37 heavy (non-hydrogen) atoms. The van der Waals surface area contributed by atoms with E-state index in [-0.39, 0.29) is 30.2 Å². The second kappa shape index (κ2) is 12.1. The SMILES string of the molecule is COCCNC(=O)c1ccc(COc2ccc3c(c2)[C@@H](c2ccc(C)cc2)N(C(=O)CC(C)C)CC3)o1. The molecule has 2 heterocycles. The van der Waals surface area contributed by atoms with Crippen molar-refractivity contribution in [3.05, 3.63) is 88.4 Å². The Hall–Kier alpha value is -3.58. The van der Waals surface area contributed by atoms with E-state index in [2.05, 4.69) is 56.4 Å². The molecule has 1 aliphatic rings. The van der Waals surface area contributed by atoms with Crippen molar-refractivity contribution in [3.8, 4) is 5.75 Å². The maximum Gasteiger partial charge on any atom is 0.287 e. The van der Waals surface area contributed by atoms with Crippen LogP contribution >= 0.6 is 0 Å². The minimum Gasteiger partial charge on any atom is -0.486 e. The number of carbonyl (C=O) groups excluding carboxylic acids is 2. The lowest BCUT2D eigenvalue weighted by Crippen LogP contribution is -2.41. The zero-order chi connectivity index (χ0) is 26.4. The molecule has 7 heteroatoms. The van der Waals surface area contributed by atoms with Gasteiger partial charge in [0.15, 0.2) is 5.76 Å². The second-order valence-electron chi connectivity index (χ2n) is 9.91. The normalized spacial score (nSPS) is 14.9. The summed E-state index contributed by atoms with van der Waals surface area (Å²) in [4.78, 5) is 27.4. The van der Waals surface area contributed by atoms with Gasteiger partial charge in [-0.25, -0.2) is 0 Å². The Morgan fingerprint density at radius 3 is 2.62 bits per heavy atom. The molecule has 3 aromatic rings. The summed E-state index contributed by atoms with van der Waals surface area (Å²) in [7, 11) is 1.58. The number of nitrogens with zero attached hydrogens (tertiary/aromatic N) is 1. The van der Waals surface area contributed by atoms with Gasteiger partial charge in [0.05, 0.1) is 12.6 Å². The molecule has 0 saturated heterocycles. The molecule has 0 spiro atoms. The number of nitrogens with one attached hydrogen (secondary N) is 1. The van der Waals surface area contributed by atoms with Crippen LogP contribution < -0.4 is 10.1 Å². The Bertz CT molecular complexity index is 1210. The summed E-state index contributed by atoms with van der Waals surface area (Å²) in [6.45, 7) is 7.95. The van der Waals surface area contributed by atoms with Crippen molar-refractivity contribution in [2.45, 2.75) is 46.3 Å². The number of hydrogen-bond donors (Lipinski definition) is 1. The molecule has 1 atom stereocenters. The van der Waals surface area contributed by atoms with Crippen LogP contribution in [-0.4, -0.2) is 43.5 Å². The minimum atomic E-state index is -0.288. The topological polar surface area (TPSA) is 81.0 Å². The Kier molecular flexibility index (Phi) is 8.66. The number of carbonyl (C=O) groups is 2. The molecule has 0 fully saturated rings. The smallest absolute Gasteiger partial charge is 0.287 e. The van der Waals surface area contributed by atoms with Gasteiger partial charge < -0.3 is 24.1 Å². The molecule has 4 rings (SSSR count). The lowest BCUT2D eigenvalue weighted by atomic mass is 9.87. The van der Waals surface area contributed by atoms with Crippen molar-refractivity contribution in [2.75, 3.05) is 26.8 Å². The molecule has 2 amide bonds. The summed E-state index contributed by atoms with van der Waals surface area (Å²) < 4.78 is 16.7. The Morgan fingerprint density at radius 2 is 1.89 bits per heavy atom. The molecule has 0 unspecified atom stereocenters. The molecule has 0 radical (unpaired) electrons. The average molecular weight is 505 g/mol. The van der Waals surface area contributed by atoms with Gasteiger partial charge in [0.2, 0.25) is 5.91 Å². The molecule has 1 N–H and O–H groups in total. The third-order valence-corrected chi connectivity index (χ3v) is 6.50. The molecule has 1 aromatic heterocycles. The highest BCUT2D eigenvalue weighted by atomic mass is 16.5. The summed E-state index contributed by atoms with van der Waals surface area (Å²) in [5.74, 6) is 1.66. The highest BCUT2D eigenvalue weighted by Gasteiger charge is 2.32. The van der Waals surface area contributed by atoms with Gasteiger partial charge in [-0.2, -0.15) is 0 Å². The summed E-state index contributed by atoms with van der Waals surface area (Å²) in [6, 6.07) is 17.7. The van der Waals surface area contributed by atoms with Gasteiger partial charge in [-0.15, -0.1) is 0 Å². The van der Waals surface area contributed by atoms with Gasteiger partial charge in [-0.1, -0.05) is 49.7 Å². The molecule has 1 aliphatic heterocycles. The first-order valence-corrected chi connectivity index (χ1v) is 12.8. The minimum absolute atomic E-state index is 0.162. The van der Waals surface area contributed by atoms with E-state index >= 15 is 0 Å². The van der Waals surface area contributed by atoms with Crippen LogP contribution in [0.15, 0.2) is 59.0 Å². The van der Waals surface area contributed by atoms with E-state index in [1.54, 1.807) is 19.2 Å². The number of hydrogen-bond acceptors (Lipinski definition) is 5. The Balaban J connectivity index is 1.53.